The van der Waals surface area contributed by atoms with Crippen LogP contribution < -0.4 is 19.9 Å². The molecular weight excluding hydrogens is 462 g/mol. The fourth-order valence-electron chi connectivity index (χ4n) is 4.60. The van der Waals surface area contributed by atoms with Gasteiger partial charge >= 0.3 is 0 Å². The number of para-hydroxylation sites is 1. The van der Waals surface area contributed by atoms with Crippen LogP contribution in [0, 0.1) is 13.8 Å². The Bertz CT molecular complexity index is 1340. The molecule has 2 heterocycles. The van der Waals surface area contributed by atoms with E-state index >= 15 is 0 Å². The summed E-state index contributed by atoms with van der Waals surface area (Å²) >= 11 is 1.30. The van der Waals surface area contributed by atoms with Crippen LogP contribution in [-0.2, 0) is 19.3 Å². The zero-order chi connectivity index (χ0) is 24.7. The quantitative estimate of drug-likeness (QED) is 0.583. The number of benzene rings is 3. The molecule has 0 radical (unpaired) electrons. The van der Waals surface area contributed by atoms with Crippen molar-refractivity contribution in [2.45, 2.75) is 18.7 Å². The van der Waals surface area contributed by atoms with E-state index in [2.05, 4.69) is 5.32 Å². The van der Waals surface area contributed by atoms with Crippen LogP contribution >= 0.6 is 11.8 Å². The number of nitrogens with zero attached hydrogens (tertiary/aromatic N) is 2. The van der Waals surface area contributed by atoms with Gasteiger partial charge in [0.2, 0.25) is 16.7 Å². The summed E-state index contributed by atoms with van der Waals surface area (Å²) in [5.74, 6) is 0.104. The summed E-state index contributed by atoms with van der Waals surface area (Å²) in [6.45, 7) is 3.83. The number of aryl methyl sites for hydroxylation is 2. The Hall–Kier alpha value is -3.78. The molecule has 0 aliphatic carbocycles. The first-order valence-electron chi connectivity index (χ1n) is 11.2. The minimum atomic E-state index is -1.24. The van der Waals surface area contributed by atoms with Gasteiger partial charge in [-0.15, -0.1) is 11.8 Å². The summed E-state index contributed by atoms with van der Waals surface area (Å²) in [5.41, 5.74) is 4.78. The minimum absolute atomic E-state index is 0.133. The van der Waals surface area contributed by atoms with Crippen molar-refractivity contribution in [3.63, 3.8) is 0 Å². The Kier molecular flexibility index (Phi) is 5.76. The average Bonchev–Trinajstić information content (AvgIpc) is 3.32. The van der Waals surface area contributed by atoms with Crippen molar-refractivity contribution in [1.29, 1.82) is 0 Å². The van der Waals surface area contributed by atoms with Crippen LogP contribution in [0.25, 0.3) is 0 Å². The summed E-state index contributed by atoms with van der Waals surface area (Å²) < 4.78 is 5.16. The first-order valence-corrected chi connectivity index (χ1v) is 12.2. The molecule has 0 bridgehead atoms. The summed E-state index contributed by atoms with van der Waals surface area (Å²) in [7, 11) is 1.58. The number of hydrogen-bond acceptors (Lipinski definition) is 5. The highest BCUT2D eigenvalue weighted by Crippen LogP contribution is 2.55. The second kappa shape index (κ2) is 8.78. The lowest BCUT2D eigenvalue weighted by Crippen LogP contribution is -2.50. The molecule has 8 heteroatoms. The molecule has 0 saturated carbocycles. The molecule has 1 spiro atoms. The zero-order valence-electron chi connectivity index (χ0n) is 19.7. The molecule has 0 unspecified atom stereocenters. The van der Waals surface area contributed by atoms with Crippen molar-refractivity contribution >= 4 is 46.5 Å². The first kappa shape index (κ1) is 23.0. The second-order valence-corrected chi connectivity index (χ2v) is 9.78. The van der Waals surface area contributed by atoms with Gasteiger partial charge in [0.1, 0.15) is 12.3 Å². The van der Waals surface area contributed by atoms with Gasteiger partial charge in [-0.2, -0.15) is 0 Å². The number of carbonyl (C=O) groups excluding carboxylic acids is 3. The highest BCUT2D eigenvalue weighted by atomic mass is 32.2. The standard InChI is InChI=1S/C27H25N3O4S/c1-17-8-11-20(14-18(17)2)30-25(32)16-35-27(30)22-6-4-5-7-23(22)29(26(27)33)15-24(31)28-19-9-12-21(34-3)13-10-19/h4-14H,15-16H2,1-3H3,(H,28,31)/t27-/m1/s1. The Balaban J connectivity index is 1.49. The van der Waals surface area contributed by atoms with Crippen molar-refractivity contribution in [3.8, 4) is 5.75 Å². The van der Waals surface area contributed by atoms with E-state index in [4.69, 9.17) is 4.74 Å². The predicted molar refractivity (Wildman–Crippen MR) is 138 cm³/mol. The van der Waals surface area contributed by atoms with Crippen LogP contribution in [0.5, 0.6) is 5.75 Å². The van der Waals surface area contributed by atoms with E-state index in [1.807, 2.05) is 56.3 Å². The molecule has 1 fully saturated rings. The number of anilines is 3. The number of fused-ring (bicyclic) bond motifs is 2. The van der Waals surface area contributed by atoms with E-state index in [0.717, 1.165) is 16.7 Å². The molecule has 7 nitrogen and oxygen atoms in total. The van der Waals surface area contributed by atoms with E-state index in [0.29, 0.717) is 22.8 Å². The minimum Gasteiger partial charge on any atom is -0.497 e. The number of nitrogens with one attached hydrogen (secondary N) is 1. The number of methoxy groups -OCH3 is 1. The largest absolute Gasteiger partial charge is 0.497 e. The molecule has 0 aromatic heterocycles. The van der Waals surface area contributed by atoms with E-state index < -0.39 is 4.87 Å². The molecule has 3 amide bonds. The summed E-state index contributed by atoms with van der Waals surface area (Å²) in [6.07, 6.45) is 0. The highest BCUT2D eigenvalue weighted by Gasteiger charge is 2.61. The van der Waals surface area contributed by atoms with Crippen molar-refractivity contribution in [2.75, 3.05) is 34.5 Å². The van der Waals surface area contributed by atoms with E-state index in [-0.39, 0.29) is 30.0 Å². The molecule has 3 aromatic carbocycles. The topological polar surface area (TPSA) is 79.0 Å². The lowest BCUT2D eigenvalue weighted by atomic mass is 10.0. The fourth-order valence-corrected chi connectivity index (χ4v) is 5.96. The van der Waals surface area contributed by atoms with Crippen molar-refractivity contribution < 1.29 is 19.1 Å². The molecule has 3 aromatic rings. The number of amides is 3. The lowest BCUT2D eigenvalue weighted by molar-refractivity contribution is -0.124. The lowest BCUT2D eigenvalue weighted by Gasteiger charge is -2.33. The van der Waals surface area contributed by atoms with Crippen LogP contribution in [0.2, 0.25) is 0 Å². The monoisotopic (exact) mass is 487 g/mol. The van der Waals surface area contributed by atoms with Crippen LogP contribution in [0.3, 0.4) is 0 Å². The van der Waals surface area contributed by atoms with Gasteiger partial charge in [-0.1, -0.05) is 24.3 Å². The molecule has 35 heavy (non-hydrogen) atoms. The molecule has 1 atom stereocenters. The summed E-state index contributed by atoms with van der Waals surface area (Å²) in [6, 6.07) is 20.2. The molecule has 5 rings (SSSR count). The summed E-state index contributed by atoms with van der Waals surface area (Å²) in [5, 5.41) is 2.84. The Labute approximate surface area is 208 Å². The number of ether oxygens (including phenoxy) is 1. The fraction of sp³-hybridized carbons (Fsp3) is 0.222. The molecular formula is C27H25N3O4S. The van der Waals surface area contributed by atoms with E-state index in [1.165, 1.54) is 16.7 Å². The van der Waals surface area contributed by atoms with Crippen molar-refractivity contribution in [1.82, 2.24) is 0 Å². The first-order chi connectivity index (χ1) is 16.8. The maximum Gasteiger partial charge on any atom is 0.269 e. The Morgan fingerprint density at radius 1 is 1.03 bits per heavy atom. The van der Waals surface area contributed by atoms with E-state index in [1.54, 1.807) is 36.3 Å². The van der Waals surface area contributed by atoms with Crippen LogP contribution in [0.15, 0.2) is 66.7 Å². The maximum absolute atomic E-state index is 14.1. The number of thioether (sulfide) groups is 1. The van der Waals surface area contributed by atoms with E-state index in [9.17, 15) is 14.4 Å². The van der Waals surface area contributed by atoms with Crippen LogP contribution in [-0.4, -0.2) is 37.1 Å². The van der Waals surface area contributed by atoms with Gasteiger partial charge < -0.3 is 10.1 Å². The van der Waals surface area contributed by atoms with Gasteiger partial charge in [0, 0.05) is 16.9 Å². The highest BCUT2D eigenvalue weighted by molar-refractivity contribution is 8.02. The van der Waals surface area contributed by atoms with Crippen molar-refractivity contribution in [3.05, 3.63) is 83.4 Å². The molecule has 2 aliphatic heterocycles. The second-order valence-electron chi connectivity index (χ2n) is 8.62. The third-order valence-electron chi connectivity index (χ3n) is 6.49. The summed E-state index contributed by atoms with van der Waals surface area (Å²) in [4.78, 5) is 42.0. The third kappa shape index (κ3) is 3.74. The average molecular weight is 488 g/mol. The Morgan fingerprint density at radius 3 is 2.49 bits per heavy atom. The van der Waals surface area contributed by atoms with Gasteiger partial charge in [-0.3, -0.25) is 24.2 Å². The van der Waals surface area contributed by atoms with Crippen molar-refractivity contribution in [2.24, 2.45) is 0 Å². The third-order valence-corrected chi connectivity index (χ3v) is 7.87. The van der Waals surface area contributed by atoms with Gasteiger partial charge in [0.05, 0.1) is 18.6 Å². The zero-order valence-corrected chi connectivity index (χ0v) is 20.5. The smallest absolute Gasteiger partial charge is 0.269 e. The van der Waals surface area contributed by atoms with Gasteiger partial charge in [-0.25, -0.2) is 0 Å². The number of hydrogen-bond donors (Lipinski definition) is 1. The molecule has 1 N–H and O–H groups in total. The van der Waals surface area contributed by atoms with Gasteiger partial charge in [-0.05, 0) is 67.4 Å². The number of carbonyl (C=O) groups is 3. The van der Waals surface area contributed by atoms with Gasteiger partial charge in [0.25, 0.3) is 5.91 Å². The normalized spacial score (nSPS) is 18.8. The number of rotatable bonds is 5. The molecule has 2 aliphatic rings. The molecule has 1 saturated heterocycles. The maximum atomic E-state index is 14.1. The Morgan fingerprint density at radius 2 is 1.77 bits per heavy atom. The molecule has 178 valence electrons. The predicted octanol–water partition coefficient (Wildman–Crippen LogP) is 4.23. The van der Waals surface area contributed by atoms with Gasteiger partial charge in [0.15, 0.2) is 0 Å². The van der Waals surface area contributed by atoms with Crippen LogP contribution in [0.4, 0.5) is 17.1 Å². The van der Waals surface area contributed by atoms with Crippen LogP contribution in [0.1, 0.15) is 16.7 Å². The SMILES string of the molecule is COc1ccc(NC(=O)CN2C(=O)[C@]3(SCC(=O)N3c3ccc(C)c(C)c3)c3ccccc32)cc1.